The van der Waals surface area contributed by atoms with Gasteiger partial charge in [-0.25, -0.2) is 4.79 Å². The van der Waals surface area contributed by atoms with E-state index in [-0.39, 0.29) is 46.8 Å². The number of allylic oxidation sites excluding steroid dienone is 2. The van der Waals surface area contributed by atoms with E-state index in [1.54, 1.807) is 13.8 Å². The largest absolute Gasteiger partial charge is 0.507 e. The zero-order chi connectivity index (χ0) is 45.8. The molecule has 4 fully saturated rings. The summed E-state index contributed by atoms with van der Waals surface area (Å²) in [5.74, 6) is -2.25. The molecule has 2 aromatic carbocycles. The Morgan fingerprint density at radius 3 is 2.14 bits per heavy atom. The number of hydrogen-bond acceptors (Lipinski definition) is 20. The van der Waals surface area contributed by atoms with Crippen LogP contribution in [0.1, 0.15) is 33.6 Å². The molecular formula is C43H52O20. The van der Waals surface area contributed by atoms with Crippen LogP contribution in [0.15, 0.2) is 69.4 Å². The number of hydrogen-bond donors (Lipinski definition) is 10. The highest BCUT2D eigenvalue weighted by molar-refractivity contribution is 5.88. The molecule has 63 heavy (non-hydrogen) atoms. The molecule has 4 heterocycles. The molecule has 1 aliphatic carbocycles. The van der Waals surface area contributed by atoms with Crippen molar-refractivity contribution in [2.45, 2.75) is 112 Å². The van der Waals surface area contributed by atoms with Crippen LogP contribution in [0.4, 0.5) is 0 Å². The summed E-state index contributed by atoms with van der Waals surface area (Å²) < 4.78 is 45.4. The van der Waals surface area contributed by atoms with Crippen molar-refractivity contribution in [3.05, 3.63) is 70.4 Å². The lowest BCUT2D eigenvalue weighted by molar-refractivity contribution is -0.280. The van der Waals surface area contributed by atoms with E-state index >= 15 is 0 Å². The summed E-state index contributed by atoms with van der Waals surface area (Å²) in [7, 11) is 1.33. The molecule has 4 aliphatic rings. The Morgan fingerprint density at radius 2 is 1.51 bits per heavy atom. The molecule has 1 saturated carbocycles. The fourth-order valence-electron chi connectivity index (χ4n) is 8.74. The monoisotopic (exact) mass is 888 g/mol. The molecule has 0 amide bonds. The topological polar surface area (TPSA) is 314 Å². The van der Waals surface area contributed by atoms with Crippen LogP contribution in [0.25, 0.3) is 22.3 Å². The molecular weight excluding hydrogens is 836 g/mol. The number of benzene rings is 2. The van der Waals surface area contributed by atoms with Crippen LogP contribution in [-0.4, -0.2) is 163 Å². The maximum Gasteiger partial charge on any atom is 0.331 e. The number of aromatic hydroxyl groups is 1. The Morgan fingerprint density at radius 1 is 0.857 bits per heavy atom. The van der Waals surface area contributed by atoms with E-state index < -0.39 is 120 Å². The standard InChI is InChI=1S/C43H52O20/c1-19(9-10-43(55)41(2)14-21(46)15-42(43,3)57-18-41)11-28(48)62-37-31(50)27(17-45)61-40(35(37)54)58-22-7-5-20(6-8-22)36-38(63-39-34(53)33(52)30(49)26(16-44)60-39)32(51)29-24(47)12-23(56-4)13-25(29)59-36/h5-13,21,26-27,30-31,33-35,37,39-40,44-47,49-50,52-55H,14-18H2,1-4H3/b10-9+,19-11-/t21-,26+,27+,30+,31+,33-,34+,35+,37-,39-,40+,41+,42+,43+/m0/s1. The van der Waals surface area contributed by atoms with Crippen molar-refractivity contribution in [2.75, 3.05) is 26.9 Å². The smallest absolute Gasteiger partial charge is 0.331 e. The van der Waals surface area contributed by atoms with Crippen LogP contribution >= 0.6 is 0 Å². The van der Waals surface area contributed by atoms with Gasteiger partial charge in [-0.15, -0.1) is 0 Å². The predicted molar refractivity (Wildman–Crippen MR) is 214 cm³/mol. The number of phenols is 1. The minimum atomic E-state index is -1.91. The van der Waals surface area contributed by atoms with Gasteiger partial charge in [0.05, 0.1) is 33.0 Å². The molecule has 0 radical (unpaired) electrons. The first-order valence-electron chi connectivity index (χ1n) is 20.1. The summed E-state index contributed by atoms with van der Waals surface area (Å²) >= 11 is 0. The van der Waals surface area contributed by atoms with Crippen molar-refractivity contribution in [1.29, 1.82) is 0 Å². The number of methoxy groups -OCH3 is 1. The molecule has 3 saturated heterocycles. The van der Waals surface area contributed by atoms with Gasteiger partial charge in [0.25, 0.3) is 0 Å². The summed E-state index contributed by atoms with van der Waals surface area (Å²) in [6, 6.07) is 7.96. The van der Waals surface area contributed by atoms with Gasteiger partial charge in [-0.2, -0.15) is 0 Å². The van der Waals surface area contributed by atoms with E-state index in [9.17, 15) is 60.7 Å². The van der Waals surface area contributed by atoms with Crippen molar-refractivity contribution >= 4 is 16.9 Å². The highest BCUT2D eigenvalue weighted by Gasteiger charge is 2.67. The molecule has 3 aliphatic heterocycles. The SMILES string of the molecule is COc1cc(O)c2c(=O)c(O[C@@H]3O[C@H](CO)[C@@H](O)[C@H](O)[C@H]3O)c(-c3ccc(O[C@@H]4O[C@H](CO)[C@@H](O)[C@H](OC(=O)/C=C(C)\C=C\[C@@]5(O)[C@@]6(C)CO[C@]5(C)C[C@@H](O)C6)[C@H]4O)cc3)oc2c1. The molecule has 10 N–H and O–H groups in total. The average molecular weight is 889 g/mol. The molecule has 2 bridgehead atoms. The number of esters is 1. The van der Waals surface area contributed by atoms with Crippen LogP contribution < -0.4 is 19.6 Å². The van der Waals surface area contributed by atoms with Gasteiger partial charge < -0.3 is 88.6 Å². The van der Waals surface area contributed by atoms with Crippen LogP contribution in [0.2, 0.25) is 0 Å². The first-order chi connectivity index (χ1) is 29.8. The van der Waals surface area contributed by atoms with E-state index in [0.29, 0.717) is 12.0 Å². The number of phenolic OH excluding ortho intramolecular Hbond substituents is 1. The maximum absolute atomic E-state index is 13.9. The second kappa shape index (κ2) is 17.7. The second-order valence-electron chi connectivity index (χ2n) is 16.8. The van der Waals surface area contributed by atoms with Crippen molar-refractivity contribution in [1.82, 2.24) is 0 Å². The van der Waals surface area contributed by atoms with Crippen LogP contribution in [0.3, 0.4) is 0 Å². The molecule has 3 aromatic rings. The van der Waals surface area contributed by atoms with Crippen LogP contribution in [0, 0.1) is 5.41 Å². The molecule has 14 atom stereocenters. The lowest BCUT2D eigenvalue weighted by Crippen LogP contribution is -2.61. The van der Waals surface area contributed by atoms with E-state index in [1.807, 2.05) is 6.92 Å². The van der Waals surface area contributed by atoms with Gasteiger partial charge in [-0.05, 0) is 56.2 Å². The molecule has 1 aromatic heterocycles. The zero-order valence-electron chi connectivity index (χ0n) is 34.6. The fourth-order valence-corrected chi connectivity index (χ4v) is 8.74. The number of aliphatic hydroxyl groups is 9. The molecule has 0 spiro atoms. The predicted octanol–water partition coefficient (Wildman–Crippen LogP) is -0.734. The van der Waals surface area contributed by atoms with Gasteiger partial charge in [-0.3, -0.25) is 4.79 Å². The third-order valence-corrected chi connectivity index (χ3v) is 12.3. The Kier molecular flexibility index (Phi) is 13.0. The quantitative estimate of drug-likeness (QED) is 0.0609. The van der Waals surface area contributed by atoms with Gasteiger partial charge >= 0.3 is 5.97 Å². The van der Waals surface area contributed by atoms with Crippen LogP contribution in [0.5, 0.6) is 23.0 Å². The highest BCUT2D eigenvalue weighted by atomic mass is 16.7. The number of aliphatic hydroxyl groups excluding tert-OH is 8. The third-order valence-electron chi connectivity index (χ3n) is 12.3. The average Bonchev–Trinajstić information content (AvgIpc) is 3.33. The third kappa shape index (κ3) is 8.42. The van der Waals surface area contributed by atoms with Gasteiger partial charge in [0.1, 0.15) is 76.0 Å². The Balaban J connectivity index is 1.11. The minimum absolute atomic E-state index is 0.0224. The molecule has 0 unspecified atom stereocenters. The Bertz CT molecular complexity index is 2250. The number of carbonyl (C=O) groups excluding carboxylic acids is 1. The first kappa shape index (κ1) is 46.3. The van der Waals surface area contributed by atoms with Gasteiger partial charge in [0.2, 0.25) is 23.8 Å². The van der Waals surface area contributed by atoms with Gasteiger partial charge in [0.15, 0.2) is 18.0 Å². The Hall–Kier alpha value is -4.68. The number of ether oxygens (including phenoxy) is 7. The highest BCUT2D eigenvalue weighted by Crippen LogP contribution is 2.57. The van der Waals surface area contributed by atoms with Crippen molar-refractivity contribution in [2.24, 2.45) is 5.41 Å². The zero-order valence-corrected chi connectivity index (χ0v) is 34.6. The normalized spacial score (nSPS) is 37.0. The summed E-state index contributed by atoms with van der Waals surface area (Å²) in [5.41, 5.74) is -3.93. The number of rotatable bonds is 12. The summed E-state index contributed by atoms with van der Waals surface area (Å²) in [6.45, 7) is 3.78. The molecule has 20 heteroatoms. The molecule has 20 nitrogen and oxygen atoms in total. The molecule has 344 valence electrons. The van der Waals surface area contributed by atoms with E-state index in [2.05, 4.69) is 0 Å². The first-order valence-corrected chi connectivity index (χ1v) is 20.1. The Labute approximate surface area is 359 Å². The summed E-state index contributed by atoms with van der Waals surface area (Å²) in [6.07, 6.45) is -12.9. The minimum Gasteiger partial charge on any atom is -0.507 e. The lowest BCUT2D eigenvalue weighted by Gasteiger charge is -2.49. The number of carbonyl (C=O) groups is 1. The van der Waals surface area contributed by atoms with Crippen LogP contribution in [-0.2, 0) is 23.7 Å². The summed E-state index contributed by atoms with van der Waals surface area (Å²) in [4.78, 5) is 27.1. The lowest BCUT2D eigenvalue weighted by atomic mass is 9.59. The molecule has 7 rings (SSSR count). The van der Waals surface area contributed by atoms with E-state index in [4.69, 9.17) is 37.6 Å². The van der Waals surface area contributed by atoms with Crippen molar-refractivity contribution in [3.63, 3.8) is 0 Å². The van der Waals surface area contributed by atoms with Crippen molar-refractivity contribution < 1.29 is 93.4 Å². The van der Waals surface area contributed by atoms with E-state index in [0.717, 1.165) is 12.1 Å². The summed E-state index contributed by atoms with van der Waals surface area (Å²) in [5, 5.41) is 106. The van der Waals surface area contributed by atoms with E-state index in [1.165, 1.54) is 49.6 Å². The van der Waals surface area contributed by atoms with Gasteiger partial charge in [-0.1, -0.05) is 13.0 Å². The maximum atomic E-state index is 13.9. The van der Waals surface area contributed by atoms with Gasteiger partial charge in [0, 0.05) is 35.6 Å². The second-order valence-corrected chi connectivity index (χ2v) is 16.8. The number of fused-ring (bicyclic) bond motifs is 3. The fraction of sp³-hybridized carbons (Fsp3) is 0.535. The van der Waals surface area contributed by atoms with Crippen molar-refractivity contribution in [3.8, 4) is 34.3 Å².